The van der Waals surface area contributed by atoms with Crippen LogP contribution in [0.3, 0.4) is 0 Å². The number of Topliss-reactive ketones (excluding diaryl/α,β-unsaturated/α-hetero) is 1. The molecule has 0 spiro atoms. The third kappa shape index (κ3) is 2.97. The van der Waals surface area contributed by atoms with Gasteiger partial charge in [0.1, 0.15) is 11.9 Å². The molecule has 1 aliphatic rings. The second kappa shape index (κ2) is 6.64. The molecular weight excluding hydrogens is 380 g/mol. The van der Waals surface area contributed by atoms with Crippen LogP contribution in [0.4, 0.5) is 4.79 Å². The number of nitrogens with one attached hydrogen (secondary N) is 1. The Labute approximate surface area is 164 Å². The molecule has 1 aromatic carbocycles. The number of ketones is 1. The summed E-state index contributed by atoms with van der Waals surface area (Å²) >= 11 is 1.34. The number of urea groups is 1. The Morgan fingerprint density at radius 2 is 2.07 bits per heavy atom. The van der Waals surface area contributed by atoms with Crippen molar-refractivity contribution >= 4 is 29.1 Å². The SMILES string of the molecule is Cc1ccc(C(=O)CN2C(=O)NC(C)(c3cccc(-n4cnnn4)c3)C2=O)s1. The van der Waals surface area contributed by atoms with Crippen molar-refractivity contribution in [1.29, 1.82) is 0 Å². The van der Waals surface area contributed by atoms with E-state index in [0.717, 1.165) is 9.78 Å². The second-order valence-electron chi connectivity index (χ2n) is 6.58. The first-order chi connectivity index (χ1) is 13.4. The van der Waals surface area contributed by atoms with Gasteiger partial charge < -0.3 is 5.32 Å². The second-order valence-corrected chi connectivity index (χ2v) is 7.87. The van der Waals surface area contributed by atoms with Crippen molar-refractivity contribution in [2.24, 2.45) is 0 Å². The van der Waals surface area contributed by atoms with Gasteiger partial charge in [0.2, 0.25) is 0 Å². The molecule has 3 heterocycles. The zero-order chi connectivity index (χ0) is 19.9. The average Bonchev–Trinajstić information content (AvgIpc) is 3.40. The van der Waals surface area contributed by atoms with Crippen molar-refractivity contribution in [3.63, 3.8) is 0 Å². The third-order valence-electron chi connectivity index (χ3n) is 4.63. The fraction of sp³-hybridized carbons (Fsp3) is 0.222. The summed E-state index contributed by atoms with van der Waals surface area (Å²) in [6, 6.07) is 9.93. The molecule has 3 aromatic rings. The number of rotatable bonds is 5. The molecule has 0 radical (unpaired) electrons. The molecule has 4 rings (SSSR count). The van der Waals surface area contributed by atoms with E-state index in [1.807, 2.05) is 13.0 Å². The number of benzene rings is 1. The predicted molar refractivity (Wildman–Crippen MR) is 100 cm³/mol. The van der Waals surface area contributed by atoms with Crippen molar-refractivity contribution < 1.29 is 14.4 Å². The molecule has 142 valence electrons. The number of aryl methyl sites for hydroxylation is 1. The monoisotopic (exact) mass is 396 g/mol. The maximum absolute atomic E-state index is 13.1. The molecule has 0 saturated carbocycles. The lowest BCUT2D eigenvalue weighted by Gasteiger charge is -2.22. The number of tetrazole rings is 1. The highest BCUT2D eigenvalue weighted by Crippen LogP contribution is 2.30. The van der Waals surface area contributed by atoms with Crippen molar-refractivity contribution in [2.45, 2.75) is 19.4 Å². The van der Waals surface area contributed by atoms with Gasteiger partial charge in [0, 0.05) is 4.88 Å². The van der Waals surface area contributed by atoms with Crippen molar-refractivity contribution in [3.05, 3.63) is 58.0 Å². The summed E-state index contributed by atoms with van der Waals surface area (Å²) in [5, 5.41) is 13.7. The van der Waals surface area contributed by atoms with Gasteiger partial charge in [-0.3, -0.25) is 14.5 Å². The van der Waals surface area contributed by atoms with E-state index < -0.39 is 17.5 Å². The minimum atomic E-state index is -1.28. The van der Waals surface area contributed by atoms with E-state index in [9.17, 15) is 14.4 Å². The molecule has 10 heteroatoms. The lowest BCUT2D eigenvalue weighted by Crippen LogP contribution is -2.41. The minimum Gasteiger partial charge on any atom is -0.319 e. The summed E-state index contributed by atoms with van der Waals surface area (Å²) in [7, 11) is 0. The number of nitrogens with zero attached hydrogens (tertiary/aromatic N) is 5. The van der Waals surface area contributed by atoms with Crippen LogP contribution in [0.1, 0.15) is 27.0 Å². The molecule has 2 aromatic heterocycles. The van der Waals surface area contributed by atoms with E-state index in [4.69, 9.17) is 0 Å². The normalized spacial score (nSPS) is 19.1. The molecule has 1 aliphatic heterocycles. The van der Waals surface area contributed by atoms with Gasteiger partial charge in [0.25, 0.3) is 5.91 Å². The first-order valence-corrected chi connectivity index (χ1v) is 9.28. The first kappa shape index (κ1) is 18.0. The molecule has 28 heavy (non-hydrogen) atoms. The molecule has 3 amide bonds. The molecular formula is C18H16N6O3S. The van der Waals surface area contributed by atoms with E-state index in [2.05, 4.69) is 20.8 Å². The maximum atomic E-state index is 13.1. The number of carbonyl (C=O) groups is 3. The Kier molecular flexibility index (Phi) is 4.27. The Balaban J connectivity index is 1.61. The fourth-order valence-corrected chi connectivity index (χ4v) is 3.88. The Morgan fingerprint density at radius 3 is 2.75 bits per heavy atom. The van der Waals surface area contributed by atoms with Gasteiger partial charge in [-0.15, -0.1) is 16.4 Å². The number of thiophene rings is 1. The predicted octanol–water partition coefficient (Wildman–Crippen LogP) is 1.68. The maximum Gasteiger partial charge on any atom is 0.325 e. The van der Waals surface area contributed by atoms with Crippen LogP contribution in [0.15, 0.2) is 42.7 Å². The molecule has 1 fully saturated rings. The van der Waals surface area contributed by atoms with Crippen LogP contribution in [0.5, 0.6) is 0 Å². The van der Waals surface area contributed by atoms with Crippen LogP contribution in [0, 0.1) is 6.92 Å². The number of carbonyl (C=O) groups excluding carboxylic acids is 3. The quantitative estimate of drug-likeness (QED) is 0.519. The summed E-state index contributed by atoms with van der Waals surface area (Å²) in [6.07, 6.45) is 1.44. The summed E-state index contributed by atoms with van der Waals surface area (Å²) in [5.74, 6) is -0.749. The number of hydrogen-bond acceptors (Lipinski definition) is 7. The van der Waals surface area contributed by atoms with E-state index in [1.165, 1.54) is 22.3 Å². The van der Waals surface area contributed by atoms with E-state index in [1.54, 1.807) is 37.3 Å². The zero-order valence-electron chi connectivity index (χ0n) is 15.1. The third-order valence-corrected chi connectivity index (χ3v) is 5.67. The van der Waals surface area contributed by atoms with Gasteiger partial charge in [0.05, 0.1) is 17.1 Å². The summed E-state index contributed by atoms with van der Waals surface area (Å²) in [6.45, 7) is 3.21. The highest BCUT2D eigenvalue weighted by atomic mass is 32.1. The molecule has 0 bridgehead atoms. The van der Waals surface area contributed by atoms with E-state index >= 15 is 0 Å². The lowest BCUT2D eigenvalue weighted by molar-refractivity contribution is -0.130. The van der Waals surface area contributed by atoms with E-state index in [-0.39, 0.29) is 12.3 Å². The van der Waals surface area contributed by atoms with Crippen molar-refractivity contribution in [1.82, 2.24) is 30.4 Å². The molecule has 1 atom stereocenters. The van der Waals surface area contributed by atoms with Gasteiger partial charge in [-0.1, -0.05) is 12.1 Å². The lowest BCUT2D eigenvalue weighted by atomic mass is 9.91. The Bertz CT molecular complexity index is 1080. The number of aromatic nitrogens is 4. The van der Waals surface area contributed by atoms with E-state index in [0.29, 0.717) is 16.1 Å². The number of imide groups is 1. The molecule has 1 saturated heterocycles. The van der Waals surface area contributed by atoms with Crippen molar-refractivity contribution in [3.8, 4) is 5.69 Å². The van der Waals surface area contributed by atoms with Gasteiger partial charge >= 0.3 is 6.03 Å². The van der Waals surface area contributed by atoms with Crippen LogP contribution in [0.25, 0.3) is 5.69 Å². The zero-order valence-corrected chi connectivity index (χ0v) is 15.9. The Hall–Kier alpha value is -3.40. The topological polar surface area (TPSA) is 110 Å². The fourth-order valence-electron chi connectivity index (χ4n) is 3.08. The van der Waals surface area contributed by atoms with Crippen LogP contribution in [0.2, 0.25) is 0 Å². The summed E-state index contributed by atoms with van der Waals surface area (Å²) in [4.78, 5) is 40.5. The molecule has 9 nitrogen and oxygen atoms in total. The minimum absolute atomic E-state index is 0.270. The van der Waals surface area contributed by atoms with Crippen LogP contribution < -0.4 is 5.32 Å². The standard InChI is InChI=1S/C18H16N6O3S/c1-11-6-7-15(28-11)14(25)9-23-16(26)18(2,20-17(23)27)12-4-3-5-13(8-12)24-10-19-21-22-24/h3-8,10H,9H2,1-2H3,(H,20,27). The van der Waals surface area contributed by atoms with Crippen LogP contribution >= 0.6 is 11.3 Å². The van der Waals surface area contributed by atoms with Gasteiger partial charge in [0.15, 0.2) is 5.78 Å². The molecule has 1 unspecified atom stereocenters. The smallest absolute Gasteiger partial charge is 0.319 e. The summed E-state index contributed by atoms with van der Waals surface area (Å²) in [5.41, 5.74) is -0.0673. The van der Waals surface area contributed by atoms with Gasteiger partial charge in [-0.25, -0.2) is 9.48 Å². The van der Waals surface area contributed by atoms with Crippen LogP contribution in [-0.4, -0.2) is 49.4 Å². The van der Waals surface area contributed by atoms with Crippen molar-refractivity contribution in [2.75, 3.05) is 6.54 Å². The molecule has 0 aliphatic carbocycles. The highest BCUT2D eigenvalue weighted by Gasteiger charge is 2.49. The summed E-state index contributed by atoms with van der Waals surface area (Å²) < 4.78 is 1.45. The largest absolute Gasteiger partial charge is 0.325 e. The van der Waals surface area contributed by atoms with Crippen LogP contribution in [-0.2, 0) is 10.3 Å². The number of hydrogen-bond donors (Lipinski definition) is 1. The average molecular weight is 396 g/mol. The first-order valence-electron chi connectivity index (χ1n) is 8.46. The molecule has 1 N–H and O–H groups in total. The number of amides is 3. The Morgan fingerprint density at radius 1 is 1.25 bits per heavy atom. The van der Waals surface area contributed by atoms with Gasteiger partial charge in [-0.05, 0) is 54.1 Å². The van der Waals surface area contributed by atoms with Gasteiger partial charge in [-0.2, -0.15) is 0 Å². The highest BCUT2D eigenvalue weighted by molar-refractivity contribution is 7.14.